The predicted octanol–water partition coefficient (Wildman–Crippen LogP) is 0.905. The lowest BCUT2D eigenvalue weighted by Gasteiger charge is -1.84. The molecule has 2 rings (SSSR count). The van der Waals surface area contributed by atoms with E-state index in [0.717, 1.165) is 5.75 Å². The Hall–Kier alpha value is -1.50. The summed E-state index contributed by atoms with van der Waals surface area (Å²) >= 11 is 1.63. The van der Waals surface area contributed by atoms with Gasteiger partial charge in [0.2, 0.25) is 0 Å². The standard InChI is InChI=1S/C7H9N5OS/c1-14-3-6-9-7(13-12-6)4-2-5(8)11-10-4/h2H,3H2,1H3,(H3,8,10,11). The number of nitrogen functional groups attached to an aromatic ring is 1. The number of rotatable bonds is 3. The fraction of sp³-hybridized carbons (Fsp3) is 0.286. The SMILES string of the molecule is CSCc1noc(-c2cc(N)n[nH]2)n1. The summed E-state index contributed by atoms with van der Waals surface area (Å²) < 4.78 is 5.02. The highest BCUT2D eigenvalue weighted by molar-refractivity contribution is 7.97. The van der Waals surface area contributed by atoms with Crippen LogP contribution in [0.5, 0.6) is 0 Å². The Morgan fingerprint density at radius 2 is 2.50 bits per heavy atom. The molecule has 0 aliphatic rings. The smallest absolute Gasteiger partial charge is 0.276 e. The van der Waals surface area contributed by atoms with E-state index in [9.17, 15) is 0 Å². The minimum Gasteiger partial charge on any atom is -0.382 e. The monoisotopic (exact) mass is 211 g/mol. The van der Waals surface area contributed by atoms with Gasteiger partial charge >= 0.3 is 0 Å². The average molecular weight is 211 g/mol. The molecule has 14 heavy (non-hydrogen) atoms. The summed E-state index contributed by atoms with van der Waals surface area (Å²) in [5.74, 6) is 2.22. The number of nitrogens with two attached hydrogens (primary N) is 1. The van der Waals surface area contributed by atoms with E-state index in [2.05, 4.69) is 20.3 Å². The number of hydrogen-bond acceptors (Lipinski definition) is 6. The lowest BCUT2D eigenvalue weighted by molar-refractivity contribution is 0.424. The molecule has 0 unspecified atom stereocenters. The van der Waals surface area contributed by atoms with Gasteiger partial charge in [-0.3, -0.25) is 5.10 Å². The molecule has 0 amide bonds. The molecule has 74 valence electrons. The molecule has 0 saturated carbocycles. The van der Waals surface area contributed by atoms with E-state index in [-0.39, 0.29) is 0 Å². The third-order valence-electron chi connectivity index (χ3n) is 1.57. The molecular weight excluding hydrogens is 202 g/mol. The Balaban J connectivity index is 2.24. The summed E-state index contributed by atoms with van der Waals surface area (Å²) in [6.45, 7) is 0. The van der Waals surface area contributed by atoms with Crippen molar-refractivity contribution in [2.24, 2.45) is 0 Å². The number of anilines is 1. The van der Waals surface area contributed by atoms with Crippen LogP contribution in [-0.2, 0) is 5.75 Å². The van der Waals surface area contributed by atoms with Gasteiger partial charge in [0.1, 0.15) is 11.5 Å². The van der Waals surface area contributed by atoms with Crippen molar-refractivity contribution in [1.29, 1.82) is 0 Å². The Morgan fingerprint density at radius 3 is 3.14 bits per heavy atom. The Morgan fingerprint density at radius 1 is 1.64 bits per heavy atom. The number of H-pyrrole nitrogens is 1. The van der Waals surface area contributed by atoms with Gasteiger partial charge < -0.3 is 10.3 Å². The van der Waals surface area contributed by atoms with Gasteiger partial charge in [0.15, 0.2) is 5.82 Å². The zero-order chi connectivity index (χ0) is 9.97. The second-order valence-corrected chi connectivity index (χ2v) is 3.52. The molecule has 0 radical (unpaired) electrons. The lowest BCUT2D eigenvalue weighted by Crippen LogP contribution is -1.82. The van der Waals surface area contributed by atoms with E-state index in [4.69, 9.17) is 10.3 Å². The van der Waals surface area contributed by atoms with E-state index in [1.807, 2.05) is 6.26 Å². The van der Waals surface area contributed by atoms with Gasteiger partial charge in [0.25, 0.3) is 5.89 Å². The number of aromatic nitrogens is 4. The van der Waals surface area contributed by atoms with Gasteiger partial charge in [0.05, 0.1) is 5.75 Å². The highest BCUT2D eigenvalue weighted by Crippen LogP contribution is 2.17. The van der Waals surface area contributed by atoms with Crippen LogP contribution in [0.3, 0.4) is 0 Å². The molecule has 0 fully saturated rings. The number of thioether (sulfide) groups is 1. The summed E-state index contributed by atoms with van der Waals surface area (Å²) in [6, 6.07) is 1.65. The van der Waals surface area contributed by atoms with Crippen molar-refractivity contribution < 1.29 is 4.52 Å². The van der Waals surface area contributed by atoms with Gasteiger partial charge in [-0.25, -0.2) is 0 Å². The molecule has 7 heteroatoms. The van der Waals surface area contributed by atoms with E-state index < -0.39 is 0 Å². The fourth-order valence-corrected chi connectivity index (χ4v) is 1.37. The van der Waals surface area contributed by atoms with Crippen LogP contribution in [0.25, 0.3) is 11.6 Å². The molecule has 0 saturated heterocycles. The number of aromatic amines is 1. The van der Waals surface area contributed by atoms with E-state index in [1.54, 1.807) is 17.8 Å². The van der Waals surface area contributed by atoms with Gasteiger partial charge in [0, 0.05) is 6.07 Å². The molecule has 0 bridgehead atoms. The van der Waals surface area contributed by atoms with Crippen LogP contribution >= 0.6 is 11.8 Å². The molecular formula is C7H9N5OS. The van der Waals surface area contributed by atoms with Crippen LogP contribution in [-0.4, -0.2) is 26.6 Å². The van der Waals surface area contributed by atoms with Crippen LogP contribution in [0.15, 0.2) is 10.6 Å². The van der Waals surface area contributed by atoms with E-state index >= 15 is 0 Å². The zero-order valence-electron chi connectivity index (χ0n) is 7.52. The summed E-state index contributed by atoms with van der Waals surface area (Å²) in [5, 5.41) is 10.3. The van der Waals surface area contributed by atoms with E-state index in [1.165, 1.54) is 0 Å². The third kappa shape index (κ3) is 1.72. The Kier molecular flexibility index (Phi) is 2.40. The molecule has 0 aliphatic carbocycles. The maximum absolute atomic E-state index is 5.45. The van der Waals surface area contributed by atoms with Crippen LogP contribution < -0.4 is 5.73 Å². The summed E-state index contributed by atoms with van der Waals surface area (Å²) in [6.07, 6.45) is 1.98. The number of hydrogen-bond donors (Lipinski definition) is 2. The van der Waals surface area contributed by atoms with Crippen molar-refractivity contribution in [2.75, 3.05) is 12.0 Å². The second-order valence-electron chi connectivity index (χ2n) is 2.66. The molecule has 3 N–H and O–H groups in total. The van der Waals surface area contributed by atoms with Crippen LogP contribution in [0.4, 0.5) is 5.82 Å². The van der Waals surface area contributed by atoms with Crippen molar-refractivity contribution in [2.45, 2.75) is 5.75 Å². The molecule has 0 atom stereocenters. The Labute approximate surface area is 84.3 Å². The summed E-state index contributed by atoms with van der Waals surface area (Å²) in [5.41, 5.74) is 6.09. The van der Waals surface area contributed by atoms with Crippen molar-refractivity contribution in [3.63, 3.8) is 0 Å². The minimum absolute atomic E-state index is 0.407. The van der Waals surface area contributed by atoms with Crippen LogP contribution in [0.1, 0.15) is 5.82 Å². The number of nitrogens with zero attached hydrogens (tertiary/aromatic N) is 3. The molecule has 0 aliphatic heterocycles. The quantitative estimate of drug-likeness (QED) is 0.783. The highest BCUT2D eigenvalue weighted by atomic mass is 32.2. The first-order chi connectivity index (χ1) is 6.79. The average Bonchev–Trinajstić information content (AvgIpc) is 2.74. The zero-order valence-corrected chi connectivity index (χ0v) is 8.34. The van der Waals surface area contributed by atoms with Gasteiger partial charge in [-0.15, -0.1) is 0 Å². The minimum atomic E-state index is 0.407. The molecule has 2 aromatic rings. The molecule has 6 nitrogen and oxygen atoms in total. The third-order valence-corrected chi connectivity index (χ3v) is 2.12. The molecule has 0 spiro atoms. The Bertz CT molecular complexity index is 423. The maximum atomic E-state index is 5.45. The first kappa shape index (κ1) is 9.07. The second kappa shape index (κ2) is 3.70. The first-order valence-electron chi connectivity index (χ1n) is 3.92. The van der Waals surface area contributed by atoms with Crippen molar-refractivity contribution in [3.05, 3.63) is 11.9 Å². The molecule has 2 aromatic heterocycles. The topological polar surface area (TPSA) is 93.6 Å². The molecule has 0 aromatic carbocycles. The van der Waals surface area contributed by atoms with Crippen molar-refractivity contribution in [1.82, 2.24) is 20.3 Å². The highest BCUT2D eigenvalue weighted by Gasteiger charge is 2.10. The van der Waals surface area contributed by atoms with Gasteiger partial charge in [-0.05, 0) is 6.26 Å². The summed E-state index contributed by atoms with van der Waals surface area (Å²) in [4.78, 5) is 4.16. The van der Waals surface area contributed by atoms with Crippen LogP contribution in [0.2, 0.25) is 0 Å². The normalized spacial score (nSPS) is 10.6. The van der Waals surface area contributed by atoms with Crippen molar-refractivity contribution >= 4 is 17.6 Å². The lowest BCUT2D eigenvalue weighted by atomic mass is 10.4. The molecule has 2 heterocycles. The first-order valence-corrected chi connectivity index (χ1v) is 5.32. The maximum Gasteiger partial charge on any atom is 0.276 e. The van der Waals surface area contributed by atoms with Crippen molar-refractivity contribution in [3.8, 4) is 11.6 Å². The fourth-order valence-electron chi connectivity index (χ4n) is 0.998. The van der Waals surface area contributed by atoms with Crippen LogP contribution in [0, 0.1) is 0 Å². The van der Waals surface area contributed by atoms with Gasteiger partial charge in [-0.1, -0.05) is 5.16 Å². The van der Waals surface area contributed by atoms with Gasteiger partial charge in [-0.2, -0.15) is 21.8 Å². The van der Waals surface area contributed by atoms with E-state index in [0.29, 0.717) is 23.2 Å². The predicted molar refractivity (Wildman–Crippen MR) is 53.5 cm³/mol. The summed E-state index contributed by atoms with van der Waals surface area (Å²) in [7, 11) is 0. The number of nitrogens with one attached hydrogen (secondary N) is 1. The largest absolute Gasteiger partial charge is 0.382 e.